The van der Waals surface area contributed by atoms with Crippen molar-refractivity contribution in [2.24, 2.45) is 17.6 Å². The van der Waals surface area contributed by atoms with Crippen molar-refractivity contribution in [3.63, 3.8) is 0 Å². The van der Waals surface area contributed by atoms with Crippen LogP contribution < -0.4 is 5.73 Å². The first-order valence-corrected chi connectivity index (χ1v) is 13.2. The van der Waals surface area contributed by atoms with Gasteiger partial charge in [-0.15, -0.1) is 5.92 Å². The van der Waals surface area contributed by atoms with Crippen molar-refractivity contribution in [3.05, 3.63) is 11.8 Å². The summed E-state index contributed by atoms with van der Waals surface area (Å²) in [6, 6.07) is 0. The van der Waals surface area contributed by atoms with Crippen LogP contribution in [0.5, 0.6) is 0 Å². The molecule has 0 aromatic heterocycles. The zero-order valence-electron chi connectivity index (χ0n) is 20.0. The summed E-state index contributed by atoms with van der Waals surface area (Å²) in [6.45, 7) is 5.99. The molecule has 2 bridgehead atoms. The lowest BCUT2D eigenvalue weighted by atomic mass is 9.79. The molecule has 0 saturated carbocycles. The second kappa shape index (κ2) is 14.2. The van der Waals surface area contributed by atoms with Crippen LogP contribution in [0.25, 0.3) is 0 Å². The Morgan fingerprint density at radius 2 is 1.82 bits per heavy atom. The van der Waals surface area contributed by atoms with Gasteiger partial charge in [0.25, 0.3) is 0 Å². The molecule has 3 rings (SSSR count). The molecule has 1 saturated heterocycles. The van der Waals surface area contributed by atoms with Gasteiger partial charge in [-0.05, 0) is 51.6 Å². The molecule has 6 nitrogen and oxygen atoms in total. The van der Waals surface area contributed by atoms with E-state index in [1.54, 1.807) is 0 Å². The molecule has 0 radical (unpaired) electrons. The van der Waals surface area contributed by atoms with Crippen molar-refractivity contribution in [2.75, 3.05) is 7.05 Å². The highest BCUT2D eigenvalue weighted by atomic mass is 32.2. The summed E-state index contributed by atoms with van der Waals surface area (Å²) in [7, 11) is -4.17. The van der Waals surface area contributed by atoms with E-state index in [4.69, 9.17) is 9.47 Å². The van der Waals surface area contributed by atoms with E-state index in [1.807, 2.05) is 20.8 Å². The van der Waals surface area contributed by atoms with Gasteiger partial charge in [0, 0.05) is 31.1 Å². The number of ether oxygens (including phenoxy) is 2. The third-order valence-corrected chi connectivity index (χ3v) is 6.67. The molecule has 0 aromatic carbocycles. The Bertz CT molecular complexity index is 773. The van der Waals surface area contributed by atoms with E-state index in [9.17, 15) is 21.6 Å². The summed E-state index contributed by atoms with van der Waals surface area (Å²) in [5.74, 6) is 5.54. The Kier molecular flexibility index (Phi) is 12.8. The molecule has 1 fully saturated rings. The molecule has 1 aliphatic carbocycles. The number of alkyl halides is 3. The molecule has 10 heteroatoms. The third kappa shape index (κ3) is 8.78. The molecule has 5 atom stereocenters. The highest BCUT2D eigenvalue weighted by Crippen LogP contribution is 2.38. The molecule has 3 aliphatic rings. The average Bonchev–Trinajstić information content (AvgIpc) is 3.24. The van der Waals surface area contributed by atoms with E-state index in [2.05, 4.69) is 21.8 Å². The first-order valence-electron chi connectivity index (χ1n) is 11.8. The molecule has 192 valence electrons. The van der Waals surface area contributed by atoms with Gasteiger partial charge >= 0.3 is 15.6 Å². The van der Waals surface area contributed by atoms with Gasteiger partial charge < -0.3 is 19.4 Å². The van der Waals surface area contributed by atoms with Crippen LogP contribution in [-0.4, -0.2) is 39.5 Å². The fraction of sp³-hybridized carbons (Fsp3) is 0.826. The smallest absolute Gasteiger partial charge is 0.381 e. The van der Waals surface area contributed by atoms with E-state index < -0.39 is 21.5 Å². The lowest BCUT2D eigenvalue weighted by Crippen LogP contribution is -2.35. The number of fused-ring (bicyclic) bond motifs is 3. The SMILES string of the molecule is CC.CCC1OC2CC[C@@H](CCCCC#CC3C=C(OS(=O)(=O)C(F)(F)F)CCC31)O2.CN. The molecular weight excluding hydrogens is 459 g/mol. The monoisotopic (exact) mass is 497 g/mol. The number of hydrogen-bond donors (Lipinski definition) is 1. The lowest BCUT2D eigenvalue weighted by molar-refractivity contribution is -0.178. The Balaban J connectivity index is 0.00000129. The number of halogens is 3. The maximum Gasteiger partial charge on any atom is 0.534 e. The maximum absolute atomic E-state index is 12.7. The van der Waals surface area contributed by atoms with Crippen molar-refractivity contribution in [2.45, 2.75) is 103 Å². The fourth-order valence-electron chi connectivity index (χ4n) is 4.17. The Morgan fingerprint density at radius 1 is 1.12 bits per heavy atom. The van der Waals surface area contributed by atoms with Crippen molar-refractivity contribution >= 4 is 10.1 Å². The van der Waals surface area contributed by atoms with E-state index in [-0.39, 0.29) is 36.6 Å². The topological polar surface area (TPSA) is 87.8 Å². The van der Waals surface area contributed by atoms with Gasteiger partial charge in [-0.1, -0.05) is 26.7 Å². The van der Waals surface area contributed by atoms with Crippen LogP contribution in [0.3, 0.4) is 0 Å². The zero-order valence-corrected chi connectivity index (χ0v) is 20.8. The van der Waals surface area contributed by atoms with Crippen LogP contribution in [0.1, 0.15) is 78.6 Å². The molecule has 2 heterocycles. The fourth-order valence-corrected chi connectivity index (χ4v) is 4.69. The van der Waals surface area contributed by atoms with Gasteiger partial charge in [0.15, 0.2) is 6.29 Å². The minimum Gasteiger partial charge on any atom is -0.381 e. The van der Waals surface area contributed by atoms with Crippen molar-refractivity contribution < 1.29 is 35.2 Å². The Morgan fingerprint density at radius 3 is 2.45 bits per heavy atom. The average molecular weight is 498 g/mol. The quantitative estimate of drug-likeness (QED) is 0.326. The Hall–Kier alpha value is -1.28. The molecule has 33 heavy (non-hydrogen) atoms. The van der Waals surface area contributed by atoms with Crippen LogP contribution in [0.15, 0.2) is 11.8 Å². The van der Waals surface area contributed by atoms with Gasteiger partial charge in [0.05, 0.1) is 12.2 Å². The van der Waals surface area contributed by atoms with Crippen LogP contribution in [0.2, 0.25) is 0 Å². The molecule has 0 amide bonds. The maximum atomic E-state index is 12.7. The van der Waals surface area contributed by atoms with Gasteiger partial charge in [-0.25, -0.2) is 0 Å². The molecule has 0 spiro atoms. The second-order valence-corrected chi connectivity index (χ2v) is 9.30. The summed E-state index contributed by atoms with van der Waals surface area (Å²) in [4.78, 5) is 0. The molecule has 0 aromatic rings. The summed E-state index contributed by atoms with van der Waals surface area (Å²) in [6.07, 6.45) is 7.79. The van der Waals surface area contributed by atoms with Crippen molar-refractivity contribution in [1.82, 2.24) is 0 Å². The molecular formula is C23H38F3NO5S. The summed E-state index contributed by atoms with van der Waals surface area (Å²) >= 11 is 0. The number of hydrogen-bond acceptors (Lipinski definition) is 6. The van der Waals surface area contributed by atoms with Crippen molar-refractivity contribution in [3.8, 4) is 11.8 Å². The van der Waals surface area contributed by atoms with Gasteiger partial charge in [0.1, 0.15) is 5.76 Å². The predicted molar refractivity (Wildman–Crippen MR) is 121 cm³/mol. The number of allylic oxidation sites excluding steroid dienone is 2. The summed E-state index contributed by atoms with van der Waals surface area (Å²) in [5.41, 5.74) is -0.952. The van der Waals surface area contributed by atoms with Crippen LogP contribution >= 0.6 is 0 Å². The van der Waals surface area contributed by atoms with Crippen molar-refractivity contribution in [1.29, 1.82) is 0 Å². The van der Waals surface area contributed by atoms with E-state index in [0.29, 0.717) is 19.3 Å². The molecule has 2 aliphatic heterocycles. The van der Waals surface area contributed by atoms with E-state index >= 15 is 0 Å². The zero-order chi connectivity index (χ0) is 25.1. The van der Waals surface area contributed by atoms with Gasteiger partial charge in [-0.2, -0.15) is 21.6 Å². The van der Waals surface area contributed by atoms with Crippen LogP contribution in [0, 0.1) is 23.7 Å². The largest absolute Gasteiger partial charge is 0.534 e. The van der Waals surface area contributed by atoms with Gasteiger partial charge in [-0.3, -0.25) is 0 Å². The first-order chi connectivity index (χ1) is 15.7. The normalized spacial score (nSPS) is 30.1. The third-order valence-electron chi connectivity index (χ3n) is 5.67. The Labute approximate surface area is 196 Å². The lowest BCUT2D eigenvalue weighted by Gasteiger charge is -2.34. The first kappa shape index (κ1) is 29.8. The highest BCUT2D eigenvalue weighted by molar-refractivity contribution is 7.87. The molecule has 4 unspecified atom stereocenters. The van der Waals surface area contributed by atoms with E-state index in [1.165, 1.54) is 13.1 Å². The summed E-state index contributed by atoms with van der Waals surface area (Å²) in [5, 5.41) is 0. The minimum absolute atomic E-state index is 0.0585. The molecule has 2 N–H and O–H groups in total. The standard InChI is InChI=1S/C20H27F3O5S.C2H6.CH5N/c1-2-18-17-11-9-16(28-29(24,25)20(21,22)23)13-14(17)7-5-3-4-6-8-15-10-12-19(26-15)27-18;2*1-2/h13-15,17-19H,2-4,6,8-12H2,1H3;1-2H3;2H2,1H3/t14?,15-,17?,18?,19?;;/m1../s1. The van der Waals surface area contributed by atoms with E-state index in [0.717, 1.165) is 32.1 Å². The summed E-state index contributed by atoms with van der Waals surface area (Å²) < 4.78 is 77.3. The predicted octanol–water partition coefficient (Wildman–Crippen LogP) is 5.24. The number of rotatable bonds is 3. The highest BCUT2D eigenvalue weighted by Gasteiger charge is 2.49. The van der Waals surface area contributed by atoms with Crippen LogP contribution in [-0.2, 0) is 23.8 Å². The van der Waals surface area contributed by atoms with Gasteiger partial charge in [0.2, 0.25) is 0 Å². The number of nitrogens with two attached hydrogens (primary N) is 1. The van der Waals surface area contributed by atoms with Crippen LogP contribution in [0.4, 0.5) is 13.2 Å². The minimum atomic E-state index is -5.67. The second-order valence-electron chi connectivity index (χ2n) is 7.76.